The van der Waals surface area contributed by atoms with Crippen molar-refractivity contribution in [1.29, 1.82) is 0 Å². The van der Waals surface area contributed by atoms with Crippen LogP contribution in [0.4, 0.5) is 0 Å². The number of benzene rings is 1. The van der Waals surface area contributed by atoms with E-state index in [4.69, 9.17) is 0 Å². The highest BCUT2D eigenvalue weighted by Gasteiger charge is 2.17. The zero-order valence-corrected chi connectivity index (χ0v) is 18.7. The van der Waals surface area contributed by atoms with Gasteiger partial charge in [-0.25, -0.2) is 9.97 Å². The average Bonchev–Trinajstić information content (AvgIpc) is 3.18. The Morgan fingerprint density at radius 3 is 2.48 bits per heavy atom. The molecule has 3 heterocycles. The summed E-state index contributed by atoms with van der Waals surface area (Å²) in [5.41, 5.74) is 4.11. The number of carbonyl (C=O) groups is 1. The van der Waals surface area contributed by atoms with E-state index >= 15 is 0 Å². The SMILES string of the molecule is CCc1ccnc(-c2cnc(-n3cc(S(C)=O)c4ccc(C(=O)N(C)C)cc43)nc2)c1. The van der Waals surface area contributed by atoms with E-state index in [2.05, 4.69) is 21.9 Å². The molecule has 1 aromatic carbocycles. The molecular formula is C23H23N5O2S. The van der Waals surface area contributed by atoms with E-state index in [-0.39, 0.29) is 5.91 Å². The molecule has 0 fully saturated rings. The molecule has 4 rings (SSSR count). The first-order valence-electron chi connectivity index (χ1n) is 9.87. The predicted octanol–water partition coefficient (Wildman–Crippen LogP) is 3.48. The predicted molar refractivity (Wildman–Crippen MR) is 122 cm³/mol. The Morgan fingerprint density at radius 2 is 1.84 bits per heavy atom. The summed E-state index contributed by atoms with van der Waals surface area (Å²) in [7, 11) is 2.22. The summed E-state index contributed by atoms with van der Waals surface area (Å²) in [5.74, 6) is 0.332. The molecule has 0 saturated heterocycles. The van der Waals surface area contributed by atoms with Crippen molar-refractivity contribution < 1.29 is 9.00 Å². The smallest absolute Gasteiger partial charge is 0.253 e. The van der Waals surface area contributed by atoms with Crippen LogP contribution < -0.4 is 0 Å². The first kappa shape index (κ1) is 20.9. The molecule has 0 aliphatic rings. The van der Waals surface area contributed by atoms with Crippen LogP contribution in [0.25, 0.3) is 28.1 Å². The summed E-state index contributed by atoms with van der Waals surface area (Å²) < 4.78 is 14.1. The molecule has 1 atom stereocenters. The van der Waals surface area contributed by atoms with E-state index in [1.165, 1.54) is 10.5 Å². The highest BCUT2D eigenvalue weighted by molar-refractivity contribution is 7.84. The molecule has 0 N–H and O–H groups in total. The lowest BCUT2D eigenvalue weighted by molar-refractivity contribution is 0.0827. The summed E-state index contributed by atoms with van der Waals surface area (Å²) in [6.07, 6.45) is 9.58. The van der Waals surface area contributed by atoms with Gasteiger partial charge >= 0.3 is 0 Å². The third-order valence-electron chi connectivity index (χ3n) is 5.11. The van der Waals surface area contributed by atoms with Gasteiger partial charge in [0, 0.05) is 61.7 Å². The Morgan fingerprint density at radius 1 is 1.10 bits per heavy atom. The van der Waals surface area contributed by atoms with E-state index in [1.54, 1.807) is 61.8 Å². The van der Waals surface area contributed by atoms with E-state index in [0.29, 0.717) is 16.4 Å². The van der Waals surface area contributed by atoms with Gasteiger partial charge in [-0.1, -0.05) is 13.0 Å². The lowest BCUT2D eigenvalue weighted by Crippen LogP contribution is -2.21. The molecule has 0 saturated carbocycles. The highest BCUT2D eigenvalue weighted by Crippen LogP contribution is 2.28. The van der Waals surface area contributed by atoms with E-state index < -0.39 is 10.8 Å². The Labute approximate surface area is 183 Å². The maximum absolute atomic E-state index is 12.4. The molecule has 0 radical (unpaired) electrons. The minimum absolute atomic E-state index is 0.105. The van der Waals surface area contributed by atoms with E-state index in [1.807, 2.05) is 18.2 Å². The van der Waals surface area contributed by atoms with Gasteiger partial charge in [0.25, 0.3) is 5.91 Å². The maximum Gasteiger partial charge on any atom is 0.253 e. The molecular weight excluding hydrogens is 410 g/mol. The Bertz CT molecular complexity index is 1300. The van der Waals surface area contributed by atoms with Gasteiger partial charge in [0.1, 0.15) is 0 Å². The van der Waals surface area contributed by atoms with E-state index in [0.717, 1.165) is 28.6 Å². The topological polar surface area (TPSA) is 81.0 Å². The van der Waals surface area contributed by atoms with Gasteiger partial charge in [0.05, 0.1) is 26.9 Å². The molecule has 8 heteroatoms. The minimum atomic E-state index is -1.20. The molecule has 31 heavy (non-hydrogen) atoms. The van der Waals surface area contributed by atoms with Crippen molar-refractivity contribution in [3.05, 3.63) is 66.2 Å². The van der Waals surface area contributed by atoms with Crippen molar-refractivity contribution in [2.45, 2.75) is 18.2 Å². The number of nitrogens with zero attached hydrogens (tertiary/aromatic N) is 5. The van der Waals surface area contributed by atoms with Crippen LogP contribution in [0.3, 0.4) is 0 Å². The zero-order chi connectivity index (χ0) is 22.1. The number of carbonyl (C=O) groups excluding carboxylic acids is 1. The fourth-order valence-corrected chi connectivity index (χ4v) is 4.15. The molecule has 3 aromatic heterocycles. The summed E-state index contributed by atoms with van der Waals surface area (Å²) in [4.78, 5) is 28.1. The van der Waals surface area contributed by atoms with Gasteiger partial charge in [0.15, 0.2) is 0 Å². The Balaban J connectivity index is 1.81. The van der Waals surface area contributed by atoms with Crippen molar-refractivity contribution in [2.75, 3.05) is 20.4 Å². The first-order valence-corrected chi connectivity index (χ1v) is 11.4. The fraction of sp³-hybridized carbons (Fsp3) is 0.217. The number of hydrogen-bond acceptors (Lipinski definition) is 5. The molecule has 0 aliphatic carbocycles. The first-order chi connectivity index (χ1) is 14.9. The molecule has 1 amide bonds. The standard InChI is InChI=1S/C23H23N5O2S/c1-5-15-8-9-24-19(10-15)17-12-25-23(26-13-17)28-14-21(31(4)30)18-7-6-16(11-20(18)28)22(29)27(2)3/h6-14H,5H2,1-4H3. The quantitative estimate of drug-likeness (QED) is 0.481. The highest BCUT2D eigenvalue weighted by atomic mass is 32.2. The third-order valence-corrected chi connectivity index (χ3v) is 6.06. The van der Waals surface area contributed by atoms with Crippen LogP contribution in [0.1, 0.15) is 22.8 Å². The average molecular weight is 434 g/mol. The van der Waals surface area contributed by atoms with Crippen LogP contribution in [0.2, 0.25) is 0 Å². The van der Waals surface area contributed by atoms with Gasteiger partial charge in [-0.15, -0.1) is 0 Å². The number of aromatic nitrogens is 4. The van der Waals surface area contributed by atoms with Gasteiger partial charge in [0.2, 0.25) is 5.95 Å². The lowest BCUT2D eigenvalue weighted by atomic mass is 10.1. The molecule has 7 nitrogen and oxygen atoms in total. The van der Waals surface area contributed by atoms with Crippen molar-refractivity contribution in [3.8, 4) is 17.2 Å². The van der Waals surface area contributed by atoms with Crippen LogP contribution in [0, 0.1) is 0 Å². The van der Waals surface area contributed by atoms with Crippen molar-refractivity contribution in [1.82, 2.24) is 24.4 Å². The van der Waals surface area contributed by atoms with Gasteiger partial charge in [-0.2, -0.15) is 0 Å². The summed E-state index contributed by atoms with van der Waals surface area (Å²) in [5, 5.41) is 0.807. The van der Waals surface area contributed by atoms with Crippen molar-refractivity contribution >= 4 is 27.6 Å². The number of hydrogen-bond donors (Lipinski definition) is 0. The monoisotopic (exact) mass is 433 g/mol. The van der Waals surface area contributed by atoms with Gasteiger partial charge < -0.3 is 4.90 Å². The summed E-state index contributed by atoms with van der Waals surface area (Å²) in [6, 6.07) is 9.39. The second-order valence-electron chi connectivity index (χ2n) is 7.42. The van der Waals surface area contributed by atoms with Crippen LogP contribution >= 0.6 is 0 Å². The van der Waals surface area contributed by atoms with Crippen LogP contribution in [0.15, 0.2) is 60.0 Å². The number of amides is 1. The largest absolute Gasteiger partial charge is 0.345 e. The number of rotatable bonds is 5. The van der Waals surface area contributed by atoms with Crippen LogP contribution in [-0.2, 0) is 17.2 Å². The number of aryl methyl sites for hydroxylation is 1. The fourth-order valence-electron chi connectivity index (χ4n) is 3.41. The number of fused-ring (bicyclic) bond motifs is 1. The molecule has 1 unspecified atom stereocenters. The maximum atomic E-state index is 12.4. The Hall–Kier alpha value is -3.39. The molecule has 0 aliphatic heterocycles. The van der Waals surface area contributed by atoms with Crippen molar-refractivity contribution in [3.63, 3.8) is 0 Å². The van der Waals surface area contributed by atoms with Gasteiger partial charge in [-0.3, -0.25) is 18.6 Å². The van der Waals surface area contributed by atoms with Gasteiger partial charge in [-0.05, 0) is 36.2 Å². The molecule has 4 aromatic rings. The number of pyridine rings is 1. The van der Waals surface area contributed by atoms with E-state index in [9.17, 15) is 9.00 Å². The van der Waals surface area contributed by atoms with Crippen LogP contribution in [-0.4, -0.2) is 54.9 Å². The molecule has 0 bridgehead atoms. The minimum Gasteiger partial charge on any atom is -0.345 e. The summed E-state index contributed by atoms with van der Waals surface area (Å²) in [6.45, 7) is 2.10. The molecule has 158 valence electrons. The lowest BCUT2D eigenvalue weighted by Gasteiger charge is -2.11. The zero-order valence-electron chi connectivity index (χ0n) is 17.9. The van der Waals surface area contributed by atoms with Crippen LogP contribution in [0.5, 0.6) is 0 Å². The third kappa shape index (κ3) is 3.98. The normalized spacial score (nSPS) is 12.1. The van der Waals surface area contributed by atoms with Crippen molar-refractivity contribution in [2.24, 2.45) is 0 Å². The Kier molecular flexibility index (Phi) is 5.65. The second kappa shape index (κ2) is 8.39. The second-order valence-corrected chi connectivity index (χ2v) is 8.77. The molecule has 0 spiro atoms. The summed E-state index contributed by atoms with van der Waals surface area (Å²) >= 11 is 0.